The molecule has 0 radical (unpaired) electrons. The predicted molar refractivity (Wildman–Crippen MR) is 151 cm³/mol. The van der Waals surface area contributed by atoms with Crippen LogP contribution in [0.2, 0.25) is 0 Å². The van der Waals surface area contributed by atoms with Crippen LogP contribution < -0.4 is 4.74 Å². The summed E-state index contributed by atoms with van der Waals surface area (Å²) in [4.78, 5) is 17.6. The van der Waals surface area contributed by atoms with E-state index in [1.165, 1.54) is 5.69 Å². The number of piperidine rings is 1. The van der Waals surface area contributed by atoms with E-state index in [-0.39, 0.29) is 25.2 Å². The fourth-order valence-corrected chi connectivity index (χ4v) is 8.29. The summed E-state index contributed by atoms with van der Waals surface area (Å²) in [7, 11) is -2.14. The Bertz CT molecular complexity index is 1280. The molecule has 0 saturated carbocycles. The topological polar surface area (TPSA) is 93.5 Å². The largest absolute Gasteiger partial charge is 0.497 e. The summed E-state index contributed by atoms with van der Waals surface area (Å²) in [6.45, 7) is 10.5. The minimum atomic E-state index is -3.72. The zero-order valence-electron chi connectivity index (χ0n) is 23.9. The standard InChI is InChI=1S/C29H42N4O6S/c1-22-16-27(37-3)17-23(2)29(22)40(35,36)33-9-5-4-6-26(33)20-39-21-28(34)31-10-11-32-24(7-8-25(32)19-31)18-30-12-14-38-15-13-30/h7-8,16-17,26H,4-6,9-15,18-21H2,1-3H3. The Balaban J connectivity index is 1.17. The first kappa shape index (κ1) is 29.1. The maximum Gasteiger partial charge on any atom is 0.248 e. The molecule has 2 saturated heterocycles. The van der Waals surface area contributed by atoms with Crippen LogP contribution in [0.15, 0.2) is 29.2 Å². The lowest BCUT2D eigenvalue weighted by Crippen LogP contribution is -2.47. The van der Waals surface area contributed by atoms with Gasteiger partial charge >= 0.3 is 0 Å². The van der Waals surface area contributed by atoms with Gasteiger partial charge in [-0.05, 0) is 62.1 Å². The molecule has 1 aromatic heterocycles. The number of ether oxygens (including phenoxy) is 3. The van der Waals surface area contributed by atoms with Crippen LogP contribution in [-0.4, -0.2) is 98.8 Å². The molecule has 0 bridgehead atoms. The van der Waals surface area contributed by atoms with E-state index >= 15 is 0 Å². The molecule has 4 heterocycles. The number of hydrogen-bond donors (Lipinski definition) is 0. The molecule has 3 aliphatic heterocycles. The number of benzene rings is 1. The summed E-state index contributed by atoms with van der Waals surface area (Å²) in [6.07, 6.45) is 2.46. The van der Waals surface area contributed by atoms with Crippen LogP contribution in [0, 0.1) is 13.8 Å². The third kappa shape index (κ3) is 6.23. The van der Waals surface area contributed by atoms with Gasteiger partial charge in [-0.3, -0.25) is 9.69 Å². The van der Waals surface area contributed by atoms with E-state index in [0.29, 0.717) is 47.8 Å². The van der Waals surface area contributed by atoms with Crippen molar-refractivity contribution in [3.05, 3.63) is 46.8 Å². The number of aryl methyl sites for hydroxylation is 2. The van der Waals surface area contributed by atoms with Crippen LogP contribution in [0.3, 0.4) is 0 Å². The number of aromatic nitrogens is 1. The SMILES string of the molecule is COc1cc(C)c(S(=O)(=O)N2CCCCC2COCC(=O)N2CCn3c(CN4CCOCC4)ccc3C2)c(C)c1. The number of morpholine rings is 1. The van der Waals surface area contributed by atoms with Gasteiger partial charge in [0.25, 0.3) is 0 Å². The molecule has 0 spiro atoms. The third-order valence-electron chi connectivity index (χ3n) is 8.30. The summed E-state index contributed by atoms with van der Waals surface area (Å²) >= 11 is 0. The first-order valence-corrected chi connectivity index (χ1v) is 15.7. The molecule has 0 N–H and O–H groups in total. The summed E-state index contributed by atoms with van der Waals surface area (Å²) in [5.74, 6) is 0.582. The normalized spacial score (nSPS) is 20.9. The van der Waals surface area contributed by atoms with Gasteiger partial charge in [-0.25, -0.2) is 8.42 Å². The Kier molecular flexibility index (Phi) is 9.16. The van der Waals surface area contributed by atoms with Crippen LogP contribution in [0.1, 0.15) is 41.8 Å². The van der Waals surface area contributed by atoms with Crippen LogP contribution in [0.25, 0.3) is 0 Å². The van der Waals surface area contributed by atoms with Crippen LogP contribution in [-0.2, 0) is 43.9 Å². The molecule has 1 amide bonds. The molecule has 220 valence electrons. The fourth-order valence-electron chi connectivity index (χ4n) is 6.20. The van der Waals surface area contributed by atoms with Crippen molar-refractivity contribution in [2.24, 2.45) is 0 Å². The summed E-state index contributed by atoms with van der Waals surface area (Å²) in [6, 6.07) is 7.50. The van der Waals surface area contributed by atoms with E-state index in [9.17, 15) is 13.2 Å². The van der Waals surface area contributed by atoms with Crippen molar-refractivity contribution in [2.45, 2.75) is 63.7 Å². The number of amides is 1. The number of nitrogens with zero attached hydrogens (tertiary/aromatic N) is 4. The lowest BCUT2D eigenvalue weighted by atomic mass is 10.1. The number of sulfonamides is 1. The molecule has 2 fully saturated rings. The second-order valence-electron chi connectivity index (χ2n) is 11.0. The Morgan fingerprint density at radius 2 is 1.77 bits per heavy atom. The van der Waals surface area contributed by atoms with Gasteiger partial charge in [0.05, 0.1) is 38.4 Å². The number of fused-ring (bicyclic) bond motifs is 1. The van der Waals surface area contributed by atoms with Crippen molar-refractivity contribution in [3.63, 3.8) is 0 Å². The van der Waals surface area contributed by atoms with E-state index in [1.807, 2.05) is 4.90 Å². The highest BCUT2D eigenvalue weighted by Gasteiger charge is 2.36. The van der Waals surface area contributed by atoms with Crippen molar-refractivity contribution in [2.75, 3.05) is 59.7 Å². The van der Waals surface area contributed by atoms with Gasteiger partial charge in [-0.15, -0.1) is 0 Å². The third-order valence-corrected chi connectivity index (χ3v) is 10.6. The van der Waals surface area contributed by atoms with Crippen molar-refractivity contribution in [1.82, 2.24) is 18.7 Å². The maximum absolute atomic E-state index is 13.8. The smallest absolute Gasteiger partial charge is 0.248 e. The van der Waals surface area contributed by atoms with Gasteiger partial charge in [-0.1, -0.05) is 6.42 Å². The second kappa shape index (κ2) is 12.6. The van der Waals surface area contributed by atoms with E-state index in [2.05, 4.69) is 21.6 Å². The molecular formula is C29H42N4O6S. The van der Waals surface area contributed by atoms with Crippen LogP contribution in [0.5, 0.6) is 5.75 Å². The highest BCUT2D eigenvalue weighted by molar-refractivity contribution is 7.89. The first-order valence-electron chi connectivity index (χ1n) is 14.3. The molecule has 40 heavy (non-hydrogen) atoms. The Morgan fingerprint density at radius 1 is 1.02 bits per heavy atom. The van der Waals surface area contributed by atoms with Crippen molar-refractivity contribution in [3.8, 4) is 5.75 Å². The molecule has 3 aliphatic rings. The van der Waals surface area contributed by atoms with E-state index < -0.39 is 10.0 Å². The molecule has 1 aromatic carbocycles. The number of hydrogen-bond acceptors (Lipinski definition) is 7. The van der Waals surface area contributed by atoms with Crippen molar-refractivity contribution in [1.29, 1.82) is 0 Å². The van der Waals surface area contributed by atoms with Crippen LogP contribution >= 0.6 is 0 Å². The number of carbonyl (C=O) groups is 1. The van der Waals surface area contributed by atoms with Crippen LogP contribution in [0.4, 0.5) is 0 Å². The fraction of sp³-hybridized carbons (Fsp3) is 0.621. The molecular weight excluding hydrogens is 532 g/mol. The lowest BCUT2D eigenvalue weighted by Gasteiger charge is -2.35. The monoisotopic (exact) mass is 574 g/mol. The molecule has 10 nitrogen and oxygen atoms in total. The van der Waals surface area contributed by atoms with Gasteiger partial charge in [-0.2, -0.15) is 4.31 Å². The van der Waals surface area contributed by atoms with Gasteiger partial charge in [0, 0.05) is 56.7 Å². The van der Waals surface area contributed by atoms with Gasteiger partial charge < -0.3 is 23.7 Å². The Labute approximate surface area is 237 Å². The Morgan fingerprint density at radius 3 is 2.50 bits per heavy atom. The maximum atomic E-state index is 13.8. The minimum Gasteiger partial charge on any atom is -0.497 e. The zero-order chi connectivity index (χ0) is 28.3. The summed E-state index contributed by atoms with van der Waals surface area (Å²) < 4.78 is 48.1. The average Bonchev–Trinajstić information content (AvgIpc) is 3.35. The molecule has 0 aliphatic carbocycles. The highest BCUT2D eigenvalue weighted by Crippen LogP contribution is 2.32. The molecule has 11 heteroatoms. The number of carbonyl (C=O) groups excluding carboxylic acids is 1. The molecule has 5 rings (SSSR count). The highest BCUT2D eigenvalue weighted by atomic mass is 32.2. The minimum absolute atomic E-state index is 0.0493. The average molecular weight is 575 g/mol. The summed E-state index contributed by atoms with van der Waals surface area (Å²) in [5.41, 5.74) is 3.75. The second-order valence-corrected chi connectivity index (χ2v) is 12.9. The Hall–Kier alpha value is -2.44. The lowest BCUT2D eigenvalue weighted by molar-refractivity contribution is -0.138. The molecule has 1 unspecified atom stereocenters. The first-order chi connectivity index (χ1) is 19.3. The number of rotatable bonds is 9. The molecule has 2 aromatic rings. The van der Waals surface area contributed by atoms with Gasteiger partial charge in [0.1, 0.15) is 12.4 Å². The van der Waals surface area contributed by atoms with Crippen molar-refractivity contribution < 1.29 is 27.4 Å². The van der Waals surface area contributed by atoms with Crippen molar-refractivity contribution >= 4 is 15.9 Å². The number of methoxy groups -OCH3 is 1. The van der Waals surface area contributed by atoms with E-state index in [4.69, 9.17) is 14.2 Å². The quantitative estimate of drug-likeness (QED) is 0.455. The van der Waals surface area contributed by atoms with Gasteiger partial charge in [0.2, 0.25) is 15.9 Å². The summed E-state index contributed by atoms with van der Waals surface area (Å²) in [5, 5.41) is 0. The van der Waals surface area contributed by atoms with Gasteiger partial charge in [0.15, 0.2) is 0 Å². The van der Waals surface area contributed by atoms with E-state index in [1.54, 1.807) is 37.4 Å². The predicted octanol–water partition coefficient (Wildman–Crippen LogP) is 2.55. The molecule has 1 atom stereocenters. The zero-order valence-corrected chi connectivity index (χ0v) is 24.7. The van der Waals surface area contributed by atoms with E-state index in [0.717, 1.165) is 57.9 Å².